The number of amides is 1. The Bertz CT molecular complexity index is 311. The van der Waals surface area contributed by atoms with E-state index >= 15 is 0 Å². The van der Waals surface area contributed by atoms with Gasteiger partial charge < -0.3 is 10.6 Å². The SMILES string of the molecule is CN.CN1Cc2ncccc2C1=O. The predicted octanol–water partition coefficient (Wildman–Crippen LogP) is 0.242. The second-order valence-electron chi connectivity index (χ2n) is 2.66. The molecule has 1 amide bonds. The zero-order chi connectivity index (χ0) is 9.84. The lowest BCUT2D eigenvalue weighted by Gasteiger charge is -2.03. The van der Waals surface area contributed by atoms with E-state index in [1.807, 2.05) is 6.07 Å². The van der Waals surface area contributed by atoms with Gasteiger partial charge in [0, 0.05) is 13.2 Å². The fourth-order valence-electron chi connectivity index (χ4n) is 1.26. The van der Waals surface area contributed by atoms with Crippen molar-refractivity contribution in [1.82, 2.24) is 9.88 Å². The van der Waals surface area contributed by atoms with Crippen LogP contribution in [-0.4, -0.2) is 29.9 Å². The van der Waals surface area contributed by atoms with Crippen LogP contribution < -0.4 is 5.73 Å². The molecule has 1 aromatic rings. The van der Waals surface area contributed by atoms with Crippen molar-refractivity contribution in [3.05, 3.63) is 29.6 Å². The van der Waals surface area contributed by atoms with Crippen LogP contribution in [0.4, 0.5) is 0 Å². The van der Waals surface area contributed by atoms with Gasteiger partial charge in [0.1, 0.15) is 0 Å². The van der Waals surface area contributed by atoms with Crippen molar-refractivity contribution in [2.75, 3.05) is 14.1 Å². The van der Waals surface area contributed by atoms with Crippen LogP contribution >= 0.6 is 0 Å². The number of carbonyl (C=O) groups is 1. The first kappa shape index (κ1) is 9.67. The minimum atomic E-state index is 0.0769. The van der Waals surface area contributed by atoms with E-state index in [-0.39, 0.29) is 5.91 Å². The monoisotopic (exact) mass is 179 g/mol. The molecule has 2 rings (SSSR count). The molecule has 1 aliphatic rings. The summed E-state index contributed by atoms with van der Waals surface area (Å²) >= 11 is 0. The third-order valence-electron chi connectivity index (χ3n) is 1.85. The molecule has 0 radical (unpaired) electrons. The van der Waals surface area contributed by atoms with E-state index in [0.717, 1.165) is 11.3 Å². The van der Waals surface area contributed by atoms with Crippen LogP contribution in [0.15, 0.2) is 18.3 Å². The first-order valence-corrected chi connectivity index (χ1v) is 4.06. The Balaban J connectivity index is 0.000000396. The van der Waals surface area contributed by atoms with E-state index in [9.17, 15) is 4.79 Å². The Morgan fingerprint density at radius 1 is 1.54 bits per heavy atom. The maximum Gasteiger partial charge on any atom is 0.255 e. The summed E-state index contributed by atoms with van der Waals surface area (Å²) in [6.45, 7) is 0.648. The largest absolute Gasteiger partial charge is 0.336 e. The van der Waals surface area contributed by atoms with E-state index < -0.39 is 0 Å². The highest BCUT2D eigenvalue weighted by molar-refractivity contribution is 5.97. The van der Waals surface area contributed by atoms with Gasteiger partial charge in [-0.1, -0.05) is 0 Å². The molecule has 0 aromatic carbocycles. The zero-order valence-corrected chi connectivity index (χ0v) is 7.82. The molecule has 0 unspecified atom stereocenters. The second-order valence-corrected chi connectivity index (χ2v) is 2.66. The molecular formula is C9H13N3O. The van der Waals surface area contributed by atoms with Crippen LogP contribution in [0.1, 0.15) is 16.1 Å². The van der Waals surface area contributed by atoms with Crippen molar-refractivity contribution in [3.63, 3.8) is 0 Å². The number of carbonyl (C=O) groups excluding carboxylic acids is 1. The molecule has 1 aliphatic heterocycles. The van der Waals surface area contributed by atoms with E-state index in [1.54, 1.807) is 24.2 Å². The standard InChI is InChI=1S/C8H8N2O.CH5N/c1-10-5-7-6(8(10)11)3-2-4-9-7;1-2/h2-4H,5H2,1H3;2H2,1H3. The molecule has 2 heterocycles. The summed E-state index contributed by atoms with van der Waals surface area (Å²) in [5.74, 6) is 0.0769. The second kappa shape index (κ2) is 4.00. The molecule has 0 bridgehead atoms. The summed E-state index contributed by atoms with van der Waals surface area (Å²) in [6.07, 6.45) is 1.71. The molecule has 0 spiro atoms. The summed E-state index contributed by atoms with van der Waals surface area (Å²) < 4.78 is 0. The average molecular weight is 179 g/mol. The van der Waals surface area contributed by atoms with Gasteiger partial charge in [-0.15, -0.1) is 0 Å². The molecule has 0 atom stereocenters. The topological polar surface area (TPSA) is 59.2 Å². The summed E-state index contributed by atoms with van der Waals surface area (Å²) in [7, 11) is 3.28. The smallest absolute Gasteiger partial charge is 0.255 e. The van der Waals surface area contributed by atoms with Gasteiger partial charge in [-0.05, 0) is 19.2 Å². The number of fused-ring (bicyclic) bond motifs is 1. The molecule has 0 saturated carbocycles. The predicted molar refractivity (Wildman–Crippen MR) is 50.1 cm³/mol. The minimum Gasteiger partial charge on any atom is -0.336 e. The molecule has 70 valence electrons. The highest BCUT2D eigenvalue weighted by atomic mass is 16.2. The Morgan fingerprint density at radius 2 is 2.23 bits per heavy atom. The van der Waals surface area contributed by atoms with Gasteiger partial charge in [-0.2, -0.15) is 0 Å². The Hall–Kier alpha value is -1.42. The molecule has 4 nitrogen and oxygen atoms in total. The van der Waals surface area contributed by atoms with Gasteiger partial charge in [0.2, 0.25) is 0 Å². The summed E-state index contributed by atoms with van der Waals surface area (Å²) in [5, 5.41) is 0. The summed E-state index contributed by atoms with van der Waals surface area (Å²) in [5.41, 5.74) is 6.13. The van der Waals surface area contributed by atoms with Crippen molar-refractivity contribution in [1.29, 1.82) is 0 Å². The van der Waals surface area contributed by atoms with Gasteiger partial charge in [0.25, 0.3) is 5.91 Å². The number of aromatic nitrogens is 1. The quantitative estimate of drug-likeness (QED) is 0.620. The molecule has 2 N–H and O–H groups in total. The van der Waals surface area contributed by atoms with Crippen molar-refractivity contribution in [2.24, 2.45) is 5.73 Å². The molecule has 0 saturated heterocycles. The lowest BCUT2D eigenvalue weighted by molar-refractivity contribution is 0.0816. The molecule has 1 aromatic heterocycles. The van der Waals surface area contributed by atoms with E-state index in [1.165, 1.54) is 7.05 Å². The lowest BCUT2D eigenvalue weighted by atomic mass is 10.2. The lowest BCUT2D eigenvalue weighted by Crippen LogP contribution is -2.17. The number of hydrogen-bond donors (Lipinski definition) is 1. The Kier molecular flexibility index (Phi) is 2.97. The molecule has 0 aliphatic carbocycles. The number of hydrogen-bond acceptors (Lipinski definition) is 3. The van der Waals surface area contributed by atoms with E-state index in [4.69, 9.17) is 0 Å². The van der Waals surface area contributed by atoms with Gasteiger partial charge in [0.15, 0.2) is 0 Å². The van der Waals surface area contributed by atoms with Gasteiger partial charge in [-0.25, -0.2) is 0 Å². The number of nitrogens with zero attached hydrogens (tertiary/aromatic N) is 2. The fraction of sp³-hybridized carbons (Fsp3) is 0.333. The Morgan fingerprint density at radius 3 is 2.85 bits per heavy atom. The summed E-state index contributed by atoms with van der Waals surface area (Å²) in [4.78, 5) is 17.0. The maximum absolute atomic E-state index is 11.3. The van der Waals surface area contributed by atoms with Crippen LogP contribution in [-0.2, 0) is 6.54 Å². The molecular weight excluding hydrogens is 166 g/mol. The first-order chi connectivity index (χ1) is 6.29. The Labute approximate surface area is 77.4 Å². The number of rotatable bonds is 0. The summed E-state index contributed by atoms with van der Waals surface area (Å²) in [6, 6.07) is 3.60. The van der Waals surface area contributed by atoms with Crippen LogP contribution in [0, 0.1) is 0 Å². The van der Waals surface area contributed by atoms with Crippen LogP contribution in [0.25, 0.3) is 0 Å². The third kappa shape index (κ3) is 1.67. The van der Waals surface area contributed by atoms with Crippen LogP contribution in [0.3, 0.4) is 0 Å². The molecule has 0 fully saturated rings. The van der Waals surface area contributed by atoms with Crippen molar-refractivity contribution in [3.8, 4) is 0 Å². The van der Waals surface area contributed by atoms with E-state index in [0.29, 0.717) is 6.54 Å². The number of pyridine rings is 1. The highest BCUT2D eigenvalue weighted by Crippen LogP contribution is 2.17. The average Bonchev–Trinajstić information content (AvgIpc) is 2.47. The van der Waals surface area contributed by atoms with Gasteiger partial charge in [0.05, 0.1) is 17.8 Å². The van der Waals surface area contributed by atoms with Crippen molar-refractivity contribution < 1.29 is 4.79 Å². The molecule has 13 heavy (non-hydrogen) atoms. The van der Waals surface area contributed by atoms with Crippen molar-refractivity contribution in [2.45, 2.75) is 6.54 Å². The van der Waals surface area contributed by atoms with Crippen molar-refractivity contribution >= 4 is 5.91 Å². The maximum atomic E-state index is 11.3. The third-order valence-corrected chi connectivity index (χ3v) is 1.85. The fourth-order valence-corrected chi connectivity index (χ4v) is 1.26. The van der Waals surface area contributed by atoms with E-state index in [2.05, 4.69) is 10.7 Å². The minimum absolute atomic E-state index is 0.0769. The normalized spacial score (nSPS) is 13.5. The van der Waals surface area contributed by atoms with Gasteiger partial charge >= 0.3 is 0 Å². The first-order valence-electron chi connectivity index (χ1n) is 4.06. The number of nitrogens with two attached hydrogens (primary N) is 1. The molecule has 4 heteroatoms. The van der Waals surface area contributed by atoms with Gasteiger partial charge in [-0.3, -0.25) is 9.78 Å². The zero-order valence-electron chi connectivity index (χ0n) is 7.82. The van der Waals surface area contributed by atoms with Crippen LogP contribution in [0.5, 0.6) is 0 Å². The van der Waals surface area contributed by atoms with Crippen LogP contribution in [0.2, 0.25) is 0 Å². The highest BCUT2D eigenvalue weighted by Gasteiger charge is 2.24.